The number of carbonyl (C=O) groups is 3. The Kier molecular flexibility index (Phi) is 6.17. The number of furan rings is 1. The fraction of sp³-hybridized carbons (Fsp3) is 0.125. The van der Waals surface area contributed by atoms with E-state index in [1.165, 1.54) is 18.2 Å². The molecule has 0 unspecified atom stereocenters. The van der Waals surface area contributed by atoms with Gasteiger partial charge in [0, 0.05) is 35.5 Å². The fourth-order valence-corrected chi connectivity index (χ4v) is 4.38. The van der Waals surface area contributed by atoms with Gasteiger partial charge in [0.1, 0.15) is 31.3 Å². The average Bonchev–Trinajstić information content (AvgIpc) is 3.44. The van der Waals surface area contributed by atoms with E-state index in [0.29, 0.717) is 59.2 Å². The number of fused-ring (bicyclic) bond motifs is 1. The van der Waals surface area contributed by atoms with Crippen LogP contribution in [0.3, 0.4) is 0 Å². The lowest BCUT2D eigenvalue weighted by Crippen LogP contribution is -2.36. The van der Waals surface area contributed by atoms with Crippen LogP contribution in [-0.2, 0) is 9.59 Å². The van der Waals surface area contributed by atoms with Crippen molar-refractivity contribution in [3.63, 3.8) is 0 Å². The molecule has 3 heterocycles. The van der Waals surface area contributed by atoms with Crippen LogP contribution in [0, 0.1) is 10.1 Å². The maximum Gasteiger partial charge on any atom is 0.294 e. The predicted octanol–water partition coefficient (Wildman–Crippen LogP) is 4.30. The van der Waals surface area contributed by atoms with Gasteiger partial charge in [0.15, 0.2) is 11.5 Å². The number of amides is 3. The summed E-state index contributed by atoms with van der Waals surface area (Å²) in [5.41, 5.74) is 1.02. The van der Waals surface area contributed by atoms with Gasteiger partial charge in [0.25, 0.3) is 16.8 Å². The Hall–Kier alpha value is -4.58. The van der Waals surface area contributed by atoms with Crippen molar-refractivity contribution in [2.24, 2.45) is 0 Å². The van der Waals surface area contributed by atoms with Crippen LogP contribution < -0.4 is 14.8 Å². The molecule has 0 bridgehead atoms. The molecule has 1 saturated heterocycles. The fourth-order valence-electron chi connectivity index (χ4n) is 3.56. The maximum atomic E-state index is 12.8. The van der Waals surface area contributed by atoms with Crippen LogP contribution in [0.5, 0.6) is 11.5 Å². The third-order valence-electron chi connectivity index (χ3n) is 5.26. The molecule has 0 saturated carbocycles. The molecule has 0 aliphatic carbocycles. The molecule has 3 amide bonds. The van der Waals surface area contributed by atoms with Crippen molar-refractivity contribution in [1.29, 1.82) is 0 Å². The number of rotatable bonds is 6. The molecule has 2 aromatic carbocycles. The smallest absolute Gasteiger partial charge is 0.294 e. The molecule has 0 radical (unpaired) electrons. The molecule has 2 aliphatic rings. The number of hydrogen-bond donors (Lipinski definition) is 1. The molecule has 11 nitrogen and oxygen atoms in total. The van der Waals surface area contributed by atoms with Crippen LogP contribution in [0.25, 0.3) is 17.4 Å². The zero-order valence-electron chi connectivity index (χ0n) is 18.5. The van der Waals surface area contributed by atoms with E-state index in [2.05, 4.69) is 5.32 Å². The largest absolute Gasteiger partial charge is 0.486 e. The number of thioether (sulfide) groups is 1. The Labute approximate surface area is 207 Å². The van der Waals surface area contributed by atoms with Crippen LogP contribution >= 0.6 is 11.8 Å². The number of hydrogen-bond acceptors (Lipinski definition) is 9. The highest BCUT2D eigenvalue weighted by Crippen LogP contribution is 2.34. The summed E-state index contributed by atoms with van der Waals surface area (Å²) >= 11 is 0.701. The third-order valence-corrected chi connectivity index (χ3v) is 6.17. The van der Waals surface area contributed by atoms with E-state index in [4.69, 9.17) is 13.9 Å². The number of nitro groups is 1. The first-order chi connectivity index (χ1) is 17.4. The summed E-state index contributed by atoms with van der Waals surface area (Å²) in [5.74, 6) is 0.665. The topological polar surface area (TPSA) is 141 Å². The monoisotopic (exact) mass is 507 g/mol. The standard InChI is InChI=1S/C24H17N3O8S/c28-22(25-15-3-7-19-20(11-15)34-10-9-33-19)13-26-23(29)21(36-24(26)30)12-17-6-8-18(35-17)14-1-4-16(5-2-14)27(31)32/h1-8,11-12H,9-10,13H2,(H,25,28)/b21-12+. The van der Waals surface area contributed by atoms with Gasteiger partial charge in [-0.15, -0.1) is 0 Å². The minimum Gasteiger partial charge on any atom is -0.486 e. The first-order valence-corrected chi connectivity index (χ1v) is 11.5. The first-order valence-electron chi connectivity index (χ1n) is 10.7. The lowest BCUT2D eigenvalue weighted by molar-refractivity contribution is -0.384. The van der Waals surface area contributed by atoms with Crippen molar-refractivity contribution in [2.75, 3.05) is 25.1 Å². The number of nitrogens with zero attached hydrogens (tertiary/aromatic N) is 2. The number of non-ortho nitro benzene ring substituents is 1. The second-order valence-electron chi connectivity index (χ2n) is 7.68. The molecular weight excluding hydrogens is 490 g/mol. The highest BCUT2D eigenvalue weighted by molar-refractivity contribution is 8.18. The van der Waals surface area contributed by atoms with Gasteiger partial charge in [-0.2, -0.15) is 0 Å². The van der Waals surface area contributed by atoms with Crippen LogP contribution in [0.15, 0.2) is 63.9 Å². The van der Waals surface area contributed by atoms with Gasteiger partial charge in [-0.05, 0) is 48.2 Å². The van der Waals surface area contributed by atoms with E-state index in [-0.39, 0.29) is 10.6 Å². The minimum atomic E-state index is -0.615. The SMILES string of the molecule is O=C(CN1C(=O)S/C(=C/c2ccc(-c3ccc([N+](=O)[O-])cc3)o2)C1=O)Nc1ccc2c(c1)OCCO2. The van der Waals surface area contributed by atoms with E-state index in [1.54, 1.807) is 42.5 Å². The number of benzene rings is 2. The van der Waals surface area contributed by atoms with Crippen molar-refractivity contribution < 1.29 is 33.2 Å². The molecule has 1 N–H and O–H groups in total. The predicted molar refractivity (Wildman–Crippen MR) is 130 cm³/mol. The summed E-state index contributed by atoms with van der Waals surface area (Å²) in [6.45, 7) is 0.392. The lowest BCUT2D eigenvalue weighted by atomic mass is 10.1. The number of ether oxygens (including phenoxy) is 2. The van der Waals surface area contributed by atoms with Crippen molar-refractivity contribution in [1.82, 2.24) is 4.90 Å². The molecule has 0 atom stereocenters. The van der Waals surface area contributed by atoms with E-state index < -0.39 is 28.5 Å². The molecule has 182 valence electrons. The Balaban J connectivity index is 1.24. The summed E-state index contributed by atoms with van der Waals surface area (Å²) in [7, 11) is 0. The summed E-state index contributed by atoms with van der Waals surface area (Å²) in [5, 5.41) is 12.9. The first kappa shape index (κ1) is 23.2. The number of nitrogens with one attached hydrogen (secondary N) is 1. The van der Waals surface area contributed by atoms with Crippen molar-refractivity contribution in [3.05, 3.63) is 75.4 Å². The van der Waals surface area contributed by atoms with Gasteiger partial charge in [-0.3, -0.25) is 29.4 Å². The molecule has 2 aliphatic heterocycles. The number of nitro benzene ring substituents is 1. The van der Waals surface area contributed by atoms with Crippen LogP contribution in [0.4, 0.5) is 16.2 Å². The van der Waals surface area contributed by atoms with Gasteiger partial charge >= 0.3 is 0 Å². The van der Waals surface area contributed by atoms with E-state index in [9.17, 15) is 24.5 Å². The summed E-state index contributed by atoms with van der Waals surface area (Å²) in [6, 6.07) is 14.0. The molecular formula is C24H17N3O8S. The number of imide groups is 1. The van der Waals surface area contributed by atoms with Gasteiger partial charge in [0.2, 0.25) is 5.91 Å². The van der Waals surface area contributed by atoms with Gasteiger partial charge in [0.05, 0.1) is 9.83 Å². The number of carbonyl (C=O) groups excluding carboxylic acids is 3. The second-order valence-corrected chi connectivity index (χ2v) is 8.67. The Morgan fingerprint density at radius 2 is 1.81 bits per heavy atom. The van der Waals surface area contributed by atoms with Crippen LogP contribution in [-0.4, -0.2) is 46.6 Å². The summed E-state index contributed by atoms with van der Waals surface area (Å²) in [6.07, 6.45) is 1.42. The van der Waals surface area contributed by atoms with Gasteiger partial charge in [-0.25, -0.2) is 0 Å². The van der Waals surface area contributed by atoms with Crippen molar-refractivity contribution >= 4 is 46.3 Å². The van der Waals surface area contributed by atoms with E-state index in [1.807, 2.05) is 0 Å². The maximum absolute atomic E-state index is 12.8. The zero-order valence-corrected chi connectivity index (χ0v) is 19.3. The van der Waals surface area contributed by atoms with E-state index in [0.717, 1.165) is 4.90 Å². The number of anilines is 1. The third kappa shape index (κ3) is 4.79. The Morgan fingerprint density at radius 3 is 2.56 bits per heavy atom. The normalized spacial score (nSPS) is 15.9. The highest BCUT2D eigenvalue weighted by Gasteiger charge is 2.36. The molecule has 5 rings (SSSR count). The molecule has 36 heavy (non-hydrogen) atoms. The van der Waals surface area contributed by atoms with E-state index >= 15 is 0 Å². The Bertz CT molecular complexity index is 1410. The lowest BCUT2D eigenvalue weighted by Gasteiger charge is -2.19. The molecule has 1 aromatic heterocycles. The summed E-state index contributed by atoms with van der Waals surface area (Å²) in [4.78, 5) is 49.0. The molecule has 3 aromatic rings. The minimum absolute atomic E-state index is 0.0442. The second kappa shape index (κ2) is 9.58. The average molecular weight is 507 g/mol. The molecule has 12 heteroatoms. The van der Waals surface area contributed by atoms with Crippen LogP contribution in [0.2, 0.25) is 0 Å². The molecule has 1 fully saturated rings. The molecule has 0 spiro atoms. The van der Waals surface area contributed by atoms with Crippen molar-refractivity contribution in [2.45, 2.75) is 0 Å². The highest BCUT2D eigenvalue weighted by atomic mass is 32.2. The zero-order chi connectivity index (χ0) is 25.2. The quantitative estimate of drug-likeness (QED) is 0.294. The van der Waals surface area contributed by atoms with Crippen LogP contribution in [0.1, 0.15) is 5.76 Å². The van der Waals surface area contributed by atoms with Crippen molar-refractivity contribution in [3.8, 4) is 22.8 Å². The summed E-state index contributed by atoms with van der Waals surface area (Å²) < 4.78 is 16.6. The Morgan fingerprint density at radius 1 is 1.06 bits per heavy atom. The van der Waals surface area contributed by atoms with Gasteiger partial charge in [-0.1, -0.05) is 0 Å². The van der Waals surface area contributed by atoms with Gasteiger partial charge < -0.3 is 19.2 Å².